The van der Waals surface area contributed by atoms with Gasteiger partial charge >= 0.3 is 0 Å². The lowest BCUT2D eigenvalue weighted by molar-refractivity contribution is 0.171. The summed E-state index contributed by atoms with van der Waals surface area (Å²) < 4.78 is 13.0. The first-order chi connectivity index (χ1) is 12.5. The summed E-state index contributed by atoms with van der Waals surface area (Å²) in [4.78, 5) is 0. The van der Waals surface area contributed by atoms with Gasteiger partial charge in [0.25, 0.3) is 0 Å². The van der Waals surface area contributed by atoms with Gasteiger partial charge in [-0.05, 0) is 36.2 Å². The van der Waals surface area contributed by atoms with E-state index in [1.165, 1.54) is 5.56 Å². The average molecular weight is 353 g/mol. The van der Waals surface area contributed by atoms with E-state index < -0.39 is 0 Å². The van der Waals surface area contributed by atoms with Gasteiger partial charge in [-0.3, -0.25) is 0 Å². The van der Waals surface area contributed by atoms with Crippen LogP contribution in [0.2, 0.25) is 0 Å². The van der Waals surface area contributed by atoms with Crippen LogP contribution in [0.15, 0.2) is 30.3 Å². The van der Waals surface area contributed by atoms with E-state index in [0.717, 1.165) is 41.8 Å². The Hall–Kier alpha value is -2.83. The van der Waals surface area contributed by atoms with Crippen molar-refractivity contribution in [2.45, 2.75) is 32.6 Å². The maximum atomic E-state index is 5.64. The molecule has 0 saturated carbocycles. The predicted molar refractivity (Wildman–Crippen MR) is 99.1 cm³/mol. The minimum absolute atomic E-state index is 0.115. The second-order valence-corrected chi connectivity index (χ2v) is 7.42. The lowest BCUT2D eigenvalue weighted by Crippen LogP contribution is -2.18. The fraction of sp³-hybridized carbons (Fsp3) is 0.421. The van der Waals surface area contributed by atoms with Crippen molar-refractivity contribution in [2.24, 2.45) is 0 Å². The van der Waals surface area contributed by atoms with Gasteiger partial charge in [-0.1, -0.05) is 26.8 Å². The van der Waals surface area contributed by atoms with Crippen LogP contribution in [0.5, 0.6) is 11.5 Å². The smallest absolute Gasteiger partial charge is 0.178 e. The maximum Gasteiger partial charge on any atom is 0.178 e. The average Bonchev–Trinajstić information content (AvgIpc) is 3.05. The Labute approximate surface area is 152 Å². The highest BCUT2D eigenvalue weighted by atomic mass is 16.6. The molecule has 136 valence electrons. The van der Waals surface area contributed by atoms with E-state index >= 15 is 0 Å². The molecular weight excluding hydrogens is 330 g/mol. The number of nitrogens with zero attached hydrogens (tertiary/aromatic N) is 4. The highest BCUT2D eigenvalue weighted by molar-refractivity contribution is 5.46. The number of anilines is 1. The summed E-state index contributed by atoms with van der Waals surface area (Å²) in [6, 6.07) is 9.95. The van der Waals surface area contributed by atoms with Gasteiger partial charge < -0.3 is 14.8 Å². The van der Waals surface area contributed by atoms with Crippen molar-refractivity contribution < 1.29 is 9.47 Å². The zero-order valence-corrected chi connectivity index (χ0v) is 15.3. The Morgan fingerprint density at radius 2 is 1.85 bits per heavy atom. The van der Waals surface area contributed by atoms with Crippen LogP contribution in [0.4, 0.5) is 5.82 Å². The molecule has 0 amide bonds. The molecular formula is C19H23N5O2. The number of aromatic nitrogens is 4. The molecule has 7 heteroatoms. The summed E-state index contributed by atoms with van der Waals surface area (Å²) in [5, 5.41) is 16.5. The fourth-order valence-electron chi connectivity index (χ4n) is 2.93. The number of nitrogens with one attached hydrogen (secondary N) is 1. The lowest BCUT2D eigenvalue weighted by Gasteiger charge is -2.19. The summed E-state index contributed by atoms with van der Waals surface area (Å²) in [5.41, 5.74) is 1.84. The minimum Gasteiger partial charge on any atom is -0.486 e. The van der Waals surface area contributed by atoms with Crippen LogP contribution >= 0.6 is 0 Å². The number of hydrogen-bond donors (Lipinski definition) is 1. The molecule has 1 aliphatic heterocycles. The molecule has 0 radical (unpaired) electrons. The molecule has 0 bridgehead atoms. The SMILES string of the molecule is CC(C)(C)c1nnc2ccc(NCCc3ccc4c(c3)OCCO4)nn12. The molecule has 1 aliphatic rings. The van der Waals surface area contributed by atoms with Crippen molar-refractivity contribution >= 4 is 11.5 Å². The van der Waals surface area contributed by atoms with Crippen molar-refractivity contribution in [3.63, 3.8) is 0 Å². The van der Waals surface area contributed by atoms with Crippen molar-refractivity contribution in [1.29, 1.82) is 0 Å². The fourth-order valence-corrected chi connectivity index (χ4v) is 2.93. The van der Waals surface area contributed by atoms with Crippen LogP contribution in [0.1, 0.15) is 32.2 Å². The largest absolute Gasteiger partial charge is 0.486 e. The first-order valence-electron chi connectivity index (χ1n) is 8.86. The molecule has 0 unspecified atom stereocenters. The quantitative estimate of drug-likeness (QED) is 0.777. The molecule has 0 fully saturated rings. The molecule has 4 rings (SSSR count). The standard InChI is InChI=1S/C19H23N5O2/c1-19(2,3)18-22-21-17-7-6-16(23-24(17)18)20-9-8-13-4-5-14-15(12-13)26-11-10-25-14/h4-7,12H,8-11H2,1-3H3,(H,20,23). The number of fused-ring (bicyclic) bond motifs is 2. The molecule has 0 aliphatic carbocycles. The van der Waals surface area contributed by atoms with Gasteiger partial charge in [0.15, 0.2) is 23.0 Å². The van der Waals surface area contributed by atoms with Crippen molar-refractivity contribution in [1.82, 2.24) is 19.8 Å². The zero-order valence-electron chi connectivity index (χ0n) is 15.3. The topological polar surface area (TPSA) is 73.6 Å². The number of benzene rings is 1. The molecule has 0 spiro atoms. The monoisotopic (exact) mass is 353 g/mol. The van der Waals surface area contributed by atoms with E-state index in [4.69, 9.17) is 9.47 Å². The van der Waals surface area contributed by atoms with Gasteiger partial charge in [-0.15, -0.1) is 15.3 Å². The Kier molecular flexibility index (Phi) is 4.14. The third-order valence-corrected chi connectivity index (χ3v) is 4.26. The van der Waals surface area contributed by atoms with E-state index in [9.17, 15) is 0 Å². The van der Waals surface area contributed by atoms with Gasteiger partial charge in [-0.2, -0.15) is 4.52 Å². The summed E-state index contributed by atoms with van der Waals surface area (Å²) in [6.45, 7) is 8.30. The molecule has 26 heavy (non-hydrogen) atoms. The molecule has 0 saturated heterocycles. The first-order valence-corrected chi connectivity index (χ1v) is 8.86. The molecule has 1 N–H and O–H groups in total. The third kappa shape index (κ3) is 3.29. The summed E-state index contributed by atoms with van der Waals surface area (Å²) in [5.74, 6) is 3.30. The minimum atomic E-state index is -0.115. The van der Waals surface area contributed by atoms with Crippen molar-refractivity contribution in [2.75, 3.05) is 25.1 Å². The van der Waals surface area contributed by atoms with Gasteiger partial charge in [0.2, 0.25) is 0 Å². The summed E-state index contributed by atoms with van der Waals surface area (Å²) >= 11 is 0. The van der Waals surface area contributed by atoms with Crippen molar-refractivity contribution in [3.05, 3.63) is 41.7 Å². The van der Waals surface area contributed by atoms with Crippen LogP contribution in [-0.4, -0.2) is 39.6 Å². The van der Waals surface area contributed by atoms with Gasteiger partial charge in [0, 0.05) is 12.0 Å². The number of ether oxygens (including phenoxy) is 2. The van der Waals surface area contributed by atoms with E-state index in [1.54, 1.807) is 0 Å². The molecule has 3 aromatic rings. The normalized spacial score (nSPS) is 13.8. The van der Waals surface area contributed by atoms with Crippen LogP contribution in [-0.2, 0) is 11.8 Å². The third-order valence-electron chi connectivity index (χ3n) is 4.26. The number of hydrogen-bond acceptors (Lipinski definition) is 6. The van der Waals surface area contributed by atoms with Gasteiger partial charge in [0.1, 0.15) is 19.0 Å². The maximum absolute atomic E-state index is 5.64. The van der Waals surface area contributed by atoms with E-state index in [-0.39, 0.29) is 5.41 Å². The Morgan fingerprint density at radius 3 is 2.65 bits per heavy atom. The Balaban J connectivity index is 1.45. The molecule has 1 aromatic carbocycles. The molecule has 0 atom stereocenters. The van der Waals surface area contributed by atoms with Gasteiger partial charge in [0.05, 0.1) is 0 Å². The zero-order chi connectivity index (χ0) is 18.1. The molecule has 2 aromatic heterocycles. The second kappa shape index (κ2) is 6.48. The predicted octanol–water partition coefficient (Wildman–Crippen LogP) is 2.85. The van der Waals surface area contributed by atoms with E-state index in [0.29, 0.717) is 13.2 Å². The van der Waals surface area contributed by atoms with E-state index in [1.807, 2.05) is 28.8 Å². The second-order valence-electron chi connectivity index (χ2n) is 7.42. The van der Waals surface area contributed by atoms with Gasteiger partial charge in [-0.25, -0.2) is 0 Å². The lowest BCUT2D eigenvalue weighted by atomic mass is 9.96. The summed E-state index contributed by atoms with van der Waals surface area (Å²) in [6.07, 6.45) is 0.866. The van der Waals surface area contributed by atoms with Crippen LogP contribution in [0.25, 0.3) is 5.65 Å². The summed E-state index contributed by atoms with van der Waals surface area (Å²) in [7, 11) is 0. The highest BCUT2D eigenvalue weighted by Gasteiger charge is 2.21. The van der Waals surface area contributed by atoms with Crippen LogP contribution < -0.4 is 14.8 Å². The number of rotatable bonds is 4. The van der Waals surface area contributed by atoms with Crippen LogP contribution in [0, 0.1) is 0 Å². The molecule has 3 heterocycles. The Bertz CT molecular complexity index is 929. The van der Waals surface area contributed by atoms with Crippen molar-refractivity contribution in [3.8, 4) is 11.5 Å². The van der Waals surface area contributed by atoms with E-state index in [2.05, 4.69) is 47.5 Å². The van der Waals surface area contributed by atoms with Crippen LogP contribution in [0.3, 0.4) is 0 Å². The molecule has 7 nitrogen and oxygen atoms in total. The highest BCUT2D eigenvalue weighted by Crippen LogP contribution is 2.30. The Morgan fingerprint density at radius 1 is 1.04 bits per heavy atom. The first kappa shape index (κ1) is 16.6.